The number of benzene rings is 1. The molecular formula is C34H35FN4O3S. The first-order chi connectivity index (χ1) is 20.4. The molecule has 0 amide bonds. The second kappa shape index (κ2) is 12.2. The molecule has 0 unspecified atom stereocenters. The highest BCUT2D eigenvalue weighted by molar-refractivity contribution is 8.00. The molecule has 0 saturated carbocycles. The van der Waals surface area contributed by atoms with Gasteiger partial charge in [0, 0.05) is 45.4 Å². The Hall–Kier alpha value is -4.24. The number of carbonyl (C=O) groups is 1. The topological polar surface area (TPSA) is 90.1 Å². The zero-order valence-corrected chi connectivity index (χ0v) is 25.8. The first kappa shape index (κ1) is 30.2. The van der Waals surface area contributed by atoms with Crippen molar-refractivity contribution < 1.29 is 19.0 Å². The van der Waals surface area contributed by atoms with Gasteiger partial charge in [0.1, 0.15) is 23.8 Å². The number of fused-ring (bicyclic) bond motifs is 1. The number of pyridine rings is 3. The predicted octanol–water partition coefficient (Wildman–Crippen LogP) is 7.80. The molecule has 0 aliphatic carbocycles. The van der Waals surface area contributed by atoms with Crippen molar-refractivity contribution in [2.45, 2.75) is 63.8 Å². The first-order valence-corrected chi connectivity index (χ1v) is 14.9. The van der Waals surface area contributed by atoms with Gasteiger partial charge >= 0.3 is 5.97 Å². The molecule has 5 rings (SSSR count). The Kier molecular flexibility index (Phi) is 8.55. The lowest BCUT2D eigenvalue weighted by atomic mass is 9.88. The Balaban J connectivity index is 1.58. The van der Waals surface area contributed by atoms with E-state index < -0.39 is 11.4 Å². The van der Waals surface area contributed by atoms with Gasteiger partial charge in [-0.1, -0.05) is 51.1 Å². The highest BCUT2D eigenvalue weighted by Gasteiger charge is 2.33. The lowest BCUT2D eigenvalue weighted by molar-refractivity contribution is -0.146. The summed E-state index contributed by atoms with van der Waals surface area (Å²) in [7, 11) is 0. The Morgan fingerprint density at radius 2 is 1.74 bits per heavy atom. The second-order valence-corrected chi connectivity index (χ2v) is 14.0. The molecule has 9 heteroatoms. The number of ether oxygens (including phenoxy) is 1. The molecule has 0 spiro atoms. The van der Waals surface area contributed by atoms with Crippen molar-refractivity contribution in [3.63, 3.8) is 0 Å². The first-order valence-electron chi connectivity index (χ1n) is 14.1. The molecule has 4 heterocycles. The molecule has 43 heavy (non-hydrogen) atoms. The van der Waals surface area contributed by atoms with Crippen LogP contribution >= 0.6 is 11.8 Å². The van der Waals surface area contributed by atoms with Crippen molar-refractivity contribution in [1.29, 1.82) is 0 Å². The summed E-state index contributed by atoms with van der Waals surface area (Å²) in [6.45, 7) is 10.7. The van der Waals surface area contributed by atoms with Gasteiger partial charge in [0.15, 0.2) is 0 Å². The minimum atomic E-state index is -1.00. The third kappa shape index (κ3) is 7.22. The Labute approximate surface area is 255 Å². The van der Waals surface area contributed by atoms with Crippen molar-refractivity contribution >= 4 is 28.8 Å². The minimum absolute atomic E-state index is 0.143. The van der Waals surface area contributed by atoms with E-state index in [4.69, 9.17) is 9.72 Å². The number of carboxylic acids is 1. The number of nitrogens with zero attached hydrogens (tertiary/aromatic N) is 4. The molecule has 0 fully saturated rings. The maximum absolute atomic E-state index is 13.4. The normalized spacial score (nSPS) is 12.0. The van der Waals surface area contributed by atoms with E-state index in [1.54, 1.807) is 44.1 Å². The molecule has 0 aliphatic rings. The Morgan fingerprint density at radius 1 is 0.977 bits per heavy atom. The van der Waals surface area contributed by atoms with Crippen LogP contribution in [0.1, 0.15) is 51.6 Å². The molecule has 222 valence electrons. The number of aromatic nitrogens is 4. The molecule has 4 aromatic heterocycles. The summed E-state index contributed by atoms with van der Waals surface area (Å²) in [5.41, 5.74) is 4.07. The van der Waals surface area contributed by atoms with E-state index in [2.05, 4.69) is 35.3 Å². The highest BCUT2D eigenvalue weighted by atomic mass is 32.2. The summed E-state index contributed by atoms with van der Waals surface area (Å²) < 4.78 is 21.4. The molecule has 5 aromatic rings. The fourth-order valence-corrected chi connectivity index (χ4v) is 5.89. The number of aliphatic carboxylic acids is 1. The molecule has 0 radical (unpaired) electrons. The third-order valence-electron chi connectivity index (χ3n) is 6.96. The van der Waals surface area contributed by atoms with Crippen LogP contribution in [0.2, 0.25) is 0 Å². The standard InChI is InChI=1S/C34H35FN4O3S/c1-33(2,3)43-30-27-16-26(42-21-25-8-6-7-15-36-25)19-38-31(27)39(29(30)17-34(4,5)32(40)41)20-22-9-11-23(12-10-22)28-14-13-24(35)18-37-28/h6-16,18-19H,17,20-21H2,1-5H3,(H,40,41). The van der Waals surface area contributed by atoms with Crippen LogP contribution in [0.4, 0.5) is 4.39 Å². The van der Waals surface area contributed by atoms with Crippen molar-refractivity contribution in [1.82, 2.24) is 19.5 Å². The molecule has 1 N–H and O–H groups in total. The van der Waals surface area contributed by atoms with Gasteiger partial charge in [0.05, 0.1) is 29.2 Å². The summed E-state index contributed by atoms with van der Waals surface area (Å²) in [6.07, 6.45) is 4.97. The fourth-order valence-electron chi connectivity index (χ4n) is 4.72. The van der Waals surface area contributed by atoms with Crippen molar-refractivity contribution in [2.75, 3.05) is 0 Å². The van der Waals surface area contributed by atoms with E-state index >= 15 is 0 Å². The summed E-state index contributed by atoms with van der Waals surface area (Å²) in [4.78, 5) is 26.7. The van der Waals surface area contributed by atoms with Gasteiger partial charge in [0.25, 0.3) is 0 Å². The van der Waals surface area contributed by atoms with Crippen molar-refractivity contribution in [3.05, 3.63) is 102 Å². The summed E-state index contributed by atoms with van der Waals surface area (Å²) in [6, 6.07) is 18.7. The van der Waals surface area contributed by atoms with Crippen molar-refractivity contribution in [3.8, 4) is 17.0 Å². The zero-order valence-electron chi connectivity index (χ0n) is 25.0. The van der Waals surface area contributed by atoms with Gasteiger partial charge in [-0.15, -0.1) is 11.8 Å². The van der Waals surface area contributed by atoms with Crippen LogP contribution in [-0.2, 0) is 24.4 Å². The van der Waals surface area contributed by atoms with E-state index in [-0.39, 0.29) is 10.6 Å². The SMILES string of the molecule is CC(C)(C)Sc1c(CC(C)(C)C(=O)O)n(Cc2ccc(-c3ccc(F)cn3)cc2)c2ncc(OCc3ccccn3)cc12. The number of halogens is 1. The molecule has 0 bridgehead atoms. The second-order valence-electron chi connectivity index (χ2n) is 12.2. The van der Waals surface area contributed by atoms with Gasteiger partial charge in [-0.2, -0.15) is 0 Å². The lowest BCUT2D eigenvalue weighted by Crippen LogP contribution is -2.28. The van der Waals surface area contributed by atoms with Crippen molar-refractivity contribution in [2.24, 2.45) is 5.41 Å². The number of hydrogen-bond donors (Lipinski definition) is 1. The van der Waals surface area contributed by atoms with Crippen LogP contribution in [0, 0.1) is 11.2 Å². The maximum Gasteiger partial charge on any atom is 0.309 e. The molecule has 0 aliphatic heterocycles. The van der Waals surface area contributed by atoms with Gasteiger partial charge < -0.3 is 14.4 Å². The van der Waals surface area contributed by atoms with Gasteiger partial charge in [0.2, 0.25) is 0 Å². The van der Waals surface area contributed by atoms with Gasteiger partial charge in [-0.25, -0.2) is 9.37 Å². The van der Waals surface area contributed by atoms with Crippen LogP contribution in [0.25, 0.3) is 22.3 Å². The van der Waals surface area contributed by atoms with Gasteiger partial charge in [-0.3, -0.25) is 14.8 Å². The Bertz CT molecular complexity index is 1730. The largest absolute Gasteiger partial charge is 0.486 e. The summed E-state index contributed by atoms with van der Waals surface area (Å²) >= 11 is 1.70. The summed E-state index contributed by atoms with van der Waals surface area (Å²) in [5, 5.41) is 11.0. The predicted molar refractivity (Wildman–Crippen MR) is 168 cm³/mol. The lowest BCUT2D eigenvalue weighted by Gasteiger charge is -2.24. The van der Waals surface area contributed by atoms with Crippen LogP contribution in [0.5, 0.6) is 5.75 Å². The van der Waals surface area contributed by atoms with Crippen LogP contribution < -0.4 is 4.74 Å². The number of hydrogen-bond acceptors (Lipinski definition) is 6. The number of rotatable bonds is 10. The summed E-state index contributed by atoms with van der Waals surface area (Å²) in [5.74, 6) is -0.621. The molecular weight excluding hydrogens is 563 g/mol. The van der Waals surface area contributed by atoms with Gasteiger partial charge in [-0.05, 0) is 49.7 Å². The van der Waals surface area contributed by atoms with Crippen LogP contribution in [0.15, 0.2) is 84.1 Å². The Morgan fingerprint density at radius 3 is 2.37 bits per heavy atom. The average molecular weight is 599 g/mol. The number of thioether (sulfide) groups is 1. The monoisotopic (exact) mass is 598 g/mol. The van der Waals surface area contributed by atoms with E-state index in [0.717, 1.165) is 38.4 Å². The molecule has 7 nitrogen and oxygen atoms in total. The smallest absolute Gasteiger partial charge is 0.309 e. The van der Waals surface area contributed by atoms with E-state index in [9.17, 15) is 14.3 Å². The third-order valence-corrected chi connectivity index (χ3v) is 8.23. The van der Waals surface area contributed by atoms with E-state index in [1.165, 1.54) is 12.3 Å². The van der Waals surface area contributed by atoms with Crippen LogP contribution in [0.3, 0.4) is 0 Å². The minimum Gasteiger partial charge on any atom is -0.486 e. The average Bonchev–Trinajstić information content (AvgIpc) is 3.22. The quantitative estimate of drug-likeness (QED) is 0.164. The highest BCUT2D eigenvalue weighted by Crippen LogP contribution is 2.43. The number of carboxylic acid groups (broad SMARTS) is 1. The van der Waals surface area contributed by atoms with Crippen LogP contribution in [-0.4, -0.2) is 35.3 Å². The molecule has 1 aromatic carbocycles. The molecule has 0 saturated heterocycles. The zero-order chi connectivity index (χ0) is 30.8. The maximum atomic E-state index is 13.4. The van der Waals surface area contributed by atoms with E-state index in [1.807, 2.05) is 48.5 Å². The van der Waals surface area contributed by atoms with E-state index in [0.29, 0.717) is 31.0 Å². The molecule has 0 atom stereocenters. The fraction of sp³-hybridized carbons (Fsp3) is 0.294.